The van der Waals surface area contributed by atoms with E-state index in [2.05, 4.69) is 4.98 Å². The Morgan fingerprint density at radius 3 is 2.94 bits per heavy atom. The number of hydrogen-bond donors (Lipinski definition) is 0. The van der Waals surface area contributed by atoms with E-state index >= 15 is 0 Å². The summed E-state index contributed by atoms with van der Waals surface area (Å²) in [6.07, 6.45) is 0.632. The monoisotopic (exact) mass is 237 g/mol. The fraction of sp³-hybridized carbons (Fsp3) is 0.0909. The highest BCUT2D eigenvalue weighted by atomic mass is 32.1. The van der Waals surface area contributed by atoms with Crippen molar-refractivity contribution >= 4 is 17.6 Å². The summed E-state index contributed by atoms with van der Waals surface area (Å²) in [7, 11) is 1.46. The Morgan fingerprint density at radius 1 is 1.50 bits per heavy atom. The molecule has 16 heavy (non-hydrogen) atoms. The maximum absolute atomic E-state index is 13.6. The third-order valence-corrected chi connectivity index (χ3v) is 2.93. The van der Waals surface area contributed by atoms with Crippen LogP contribution in [-0.4, -0.2) is 18.4 Å². The second-order valence-electron chi connectivity index (χ2n) is 3.01. The third kappa shape index (κ3) is 1.81. The molecule has 0 N–H and O–H groups in total. The summed E-state index contributed by atoms with van der Waals surface area (Å²) in [5.74, 6) is -0.00190. The van der Waals surface area contributed by atoms with Crippen LogP contribution in [0.15, 0.2) is 23.6 Å². The van der Waals surface area contributed by atoms with Gasteiger partial charge in [0.05, 0.1) is 12.7 Å². The highest BCUT2D eigenvalue weighted by Gasteiger charge is 2.14. The third-order valence-electron chi connectivity index (χ3n) is 2.05. The van der Waals surface area contributed by atoms with Gasteiger partial charge in [0.15, 0.2) is 6.29 Å². The highest BCUT2D eigenvalue weighted by Crippen LogP contribution is 2.34. The second-order valence-corrected chi connectivity index (χ2v) is 3.87. The number of halogens is 1. The van der Waals surface area contributed by atoms with Gasteiger partial charge in [0, 0.05) is 5.38 Å². The summed E-state index contributed by atoms with van der Waals surface area (Å²) in [4.78, 5) is 14.5. The number of nitrogens with zero attached hydrogens (tertiary/aromatic N) is 1. The van der Waals surface area contributed by atoms with Crippen LogP contribution in [0.3, 0.4) is 0 Å². The van der Waals surface area contributed by atoms with Crippen molar-refractivity contribution in [3.63, 3.8) is 0 Å². The Morgan fingerprint density at radius 2 is 2.31 bits per heavy atom. The fourth-order valence-corrected chi connectivity index (χ4v) is 2.15. The van der Waals surface area contributed by atoms with Crippen molar-refractivity contribution in [2.24, 2.45) is 0 Å². The van der Waals surface area contributed by atoms with E-state index in [0.29, 0.717) is 28.3 Å². The molecular formula is C11H8FNO2S. The molecule has 1 heterocycles. The number of hydrogen-bond acceptors (Lipinski definition) is 4. The summed E-state index contributed by atoms with van der Waals surface area (Å²) in [5.41, 5.74) is 0.591. The molecule has 1 aromatic carbocycles. The van der Waals surface area contributed by atoms with Gasteiger partial charge in [0.1, 0.15) is 22.3 Å². The molecule has 5 heteroatoms. The van der Waals surface area contributed by atoms with Gasteiger partial charge in [-0.3, -0.25) is 4.79 Å². The van der Waals surface area contributed by atoms with Crippen LogP contribution in [0.2, 0.25) is 0 Å². The van der Waals surface area contributed by atoms with E-state index in [1.165, 1.54) is 24.5 Å². The summed E-state index contributed by atoms with van der Waals surface area (Å²) >= 11 is 1.21. The molecule has 0 spiro atoms. The van der Waals surface area contributed by atoms with Crippen LogP contribution in [0.1, 0.15) is 10.5 Å². The van der Waals surface area contributed by atoms with Crippen molar-refractivity contribution in [2.75, 3.05) is 7.11 Å². The molecule has 2 rings (SSSR count). The molecule has 0 unspecified atom stereocenters. The first kappa shape index (κ1) is 10.8. The number of rotatable bonds is 3. The zero-order chi connectivity index (χ0) is 11.5. The molecule has 0 saturated heterocycles. The topological polar surface area (TPSA) is 39.2 Å². The van der Waals surface area contributed by atoms with Gasteiger partial charge >= 0.3 is 0 Å². The molecule has 3 nitrogen and oxygen atoms in total. The summed E-state index contributed by atoms with van der Waals surface area (Å²) < 4.78 is 18.7. The van der Waals surface area contributed by atoms with Crippen molar-refractivity contribution < 1.29 is 13.9 Å². The number of ether oxygens (including phenoxy) is 1. The van der Waals surface area contributed by atoms with Crippen LogP contribution in [0.4, 0.5) is 4.39 Å². The SMILES string of the molecule is COc1cccc(F)c1-c1nc(C=O)cs1. The number of aromatic nitrogens is 1. The number of carbonyl (C=O) groups excluding carboxylic acids is 1. The molecule has 0 amide bonds. The first-order valence-electron chi connectivity index (χ1n) is 4.50. The molecular weight excluding hydrogens is 229 g/mol. The average molecular weight is 237 g/mol. The molecule has 0 fully saturated rings. The predicted octanol–water partition coefficient (Wildman–Crippen LogP) is 2.77. The van der Waals surface area contributed by atoms with Crippen LogP contribution in [0.25, 0.3) is 10.6 Å². The normalized spacial score (nSPS) is 10.1. The average Bonchev–Trinajstić information content (AvgIpc) is 2.76. The van der Waals surface area contributed by atoms with Crippen molar-refractivity contribution in [3.05, 3.63) is 35.1 Å². The Kier molecular flexibility index (Phi) is 2.96. The van der Waals surface area contributed by atoms with E-state index in [1.54, 1.807) is 17.5 Å². The predicted molar refractivity (Wildman–Crippen MR) is 59.4 cm³/mol. The number of benzene rings is 1. The van der Waals surface area contributed by atoms with E-state index in [1.807, 2.05) is 0 Å². The zero-order valence-electron chi connectivity index (χ0n) is 8.44. The quantitative estimate of drug-likeness (QED) is 0.770. The van der Waals surface area contributed by atoms with E-state index < -0.39 is 5.82 Å². The number of methoxy groups -OCH3 is 1. The second kappa shape index (κ2) is 4.40. The lowest BCUT2D eigenvalue weighted by Crippen LogP contribution is -1.91. The standard InChI is InChI=1S/C11H8FNO2S/c1-15-9-4-2-3-8(12)10(9)11-13-7(5-14)6-16-11/h2-6H,1H3. The van der Waals surface area contributed by atoms with Gasteiger partial charge < -0.3 is 4.74 Å². The smallest absolute Gasteiger partial charge is 0.169 e. The summed E-state index contributed by atoms with van der Waals surface area (Å²) in [6.45, 7) is 0. The first-order valence-corrected chi connectivity index (χ1v) is 5.38. The highest BCUT2D eigenvalue weighted by molar-refractivity contribution is 7.13. The van der Waals surface area contributed by atoms with Crippen LogP contribution in [0, 0.1) is 5.82 Å². The fourth-order valence-electron chi connectivity index (χ4n) is 1.34. The lowest BCUT2D eigenvalue weighted by molar-refractivity contribution is 0.111. The largest absolute Gasteiger partial charge is 0.496 e. The lowest BCUT2D eigenvalue weighted by atomic mass is 10.2. The minimum absolute atomic E-state index is 0.295. The van der Waals surface area contributed by atoms with E-state index in [9.17, 15) is 9.18 Å². The van der Waals surface area contributed by atoms with Crippen molar-refractivity contribution in [2.45, 2.75) is 0 Å². The number of aldehydes is 1. The molecule has 0 radical (unpaired) electrons. The van der Waals surface area contributed by atoms with Crippen LogP contribution in [-0.2, 0) is 0 Å². The summed E-state index contributed by atoms with van der Waals surface area (Å²) in [6, 6.07) is 4.55. The Hall–Kier alpha value is -1.75. The molecule has 0 atom stereocenters. The molecule has 0 aliphatic rings. The van der Waals surface area contributed by atoms with Gasteiger partial charge in [0.2, 0.25) is 0 Å². The molecule has 1 aromatic heterocycles. The van der Waals surface area contributed by atoms with Crippen LogP contribution < -0.4 is 4.74 Å². The maximum Gasteiger partial charge on any atom is 0.169 e. The molecule has 0 saturated carbocycles. The molecule has 82 valence electrons. The molecule has 0 aliphatic heterocycles. The molecule has 2 aromatic rings. The van der Waals surface area contributed by atoms with E-state index in [0.717, 1.165) is 0 Å². The van der Waals surface area contributed by atoms with Gasteiger partial charge in [0.25, 0.3) is 0 Å². The maximum atomic E-state index is 13.6. The van der Waals surface area contributed by atoms with Crippen LogP contribution in [0.5, 0.6) is 5.75 Å². The number of carbonyl (C=O) groups is 1. The van der Waals surface area contributed by atoms with Gasteiger partial charge in [-0.25, -0.2) is 9.37 Å². The van der Waals surface area contributed by atoms with Gasteiger partial charge in [-0.15, -0.1) is 11.3 Å². The molecule has 0 aliphatic carbocycles. The van der Waals surface area contributed by atoms with E-state index in [4.69, 9.17) is 4.74 Å². The van der Waals surface area contributed by atoms with Crippen LogP contribution >= 0.6 is 11.3 Å². The minimum atomic E-state index is -0.411. The zero-order valence-corrected chi connectivity index (χ0v) is 9.25. The Bertz CT molecular complexity index is 524. The Labute approximate surface area is 95.5 Å². The molecule has 0 bridgehead atoms. The van der Waals surface area contributed by atoms with Crippen molar-refractivity contribution in [1.29, 1.82) is 0 Å². The number of thiazole rings is 1. The van der Waals surface area contributed by atoms with Gasteiger partial charge in [-0.2, -0.15) is 0 Å². The lowest BCUT2D eigenvalue weighted by Gasteiger charge is -2.06. The van der Waals surface area contributed by atoms with Gasteiger partial charge in [-0.1, -0.05) is 6.07 Å². The Balaban J connectivity index is 2.57. The van der Waals surface area contributed by atoms with Gasteiger partial charge in [-0.05, 0) is 12.1 Å². The van der Waals surface area contributed by atoms with Crippen molar-refractivity contribution in [3.8, 4) is 16.3 Å². The first-order chi connectivity index (χ1) is 7.76. The summed E-state index contributed by atoms with van der Waals surface area (Å²) in [5, 5.41) is 2.02. The van der Waals surface area contributed by atoms with E-state index in [-0.39, 0.29) is 0 Å². The van der Waals surface area contributed by atoms with Crippen molar-refractivity contribution in [1.82, 2.24) is 4.98 Å². The minimum Gasteiger partial charge on any atom is -0.496 e.